The number of rotatable bonds is 16. The van der Waals surface area contributed by atoms with Crippen molar-refractivity contribution >= 4 is 11.9 Å². The van der Waals surface area contributed by atoms with Crippen LogP contribution in [-0.2, 0) is 14.3 Å². The molecule has 1 saturated heterocycles. The van der Waals surface area contributed by atoms with Crippen molar-refractivity contribution in [2.45, 2.75) is 129 Å². The lowest BCUT2D eigenvalue weighted by atomic mass is 9.52. The maximum atomic E-state index is 12.6. The van der Waals surface area contributed by atoms with E-state index in [4.69, 9.17) is 4.74 Å². The summed E-state index contributed by atoms with van der Waals surface area (Å²) in [6, 6.07) is 0. The first kappa shape index (κ1) is 24.2. The van der Waals surface area contributed by atoms with Crippen LogP contribution in [0.25, 0.3) is 0 Å². The molecule has 168 valence electrons. The van der Waals surface area contributed by atoms with Gasteiger partial charge in [-0.15, -0.1) is 0 Å². The molecule has 0 aromatic rings. The Bertz CT molecular complexity index is 487. The number of epoxide rings is 1. The monoisotopic (exact) mass is 410 g/mol. The lowest BCUT2D eigenvalue weighted by molar-refractivity contribution is -0.181. The smallest absolute Gasteiger partial charge is 0.310 e. The van der Waals surface area contributed by atoms with Crippen molar-refractivity contribution in [3.05, 3.63) is 0 Å². The Morgan fingerprint density at radius 3 is 1.38 bits per heavy atom. The van der Waals surface area contributed by atoms with E-state index in [1.165, 1.54) is 38.5 Å². The van der Waals surface area contributed by atoms with E-state index in [9.17, 15) is 19.8 Å². The Morgan fingerprint density at radius 2 is 1.03 bits per heavy atom. The minimum atomic E-state index is -1.19. The summed E-state index contributed by atoms with van der Waals surface area (Å²) in [5.41, 5.74) is -2.38. The highest BCUT2D eigenvalue weighted by molar-refractivity contribution is 5.87. The Morgan fingerprint density at radius 1 is 0.690 bits per heavy atom. The molecule has 2 aliphatic rings. The summed E-state index contributed by atoms with van der Waals surface area (Å²) < 4.78 is 5.68. The topological polar surface area (TPSA) is 87.1 Å². The standard InChI is InChI=1S/C24H42O5/c1-3-5-7-9-11-13-15-23(21(25)26)17-19-20(29-19)18-24(23,22(27)28)16-14-12-10-8-6-4-2/h19-20H,3-18H2,1-2H3,(H,25,26)(H,27,28). The van der Waals surface area contributed by atoms with Gasteiger partial charge in [-0.2, -0.15) is 0 Å². The second-order valence-corrected chi connectivity index (χ2v) is 9.43. The van der Waals surface area contributed by atoms with Gasteiger partial charge in [-0.3, -0.25) is 9.59 Å². The van der Waals surface area contributed by atoms with E-state index in [1.54, 1.807) is 0 Å². The molecule has 1 heterocycles. The molecule has 2 rings (SSSR count). The molecule has 0 radical (unpaired) electrons. The fourth-order valence-corrected chi connectivity index (χ4v) is 5.51. The zero-order chi connectivity index (χ0) is 21.3. The van der Waals surface area contributed by atoms with Gasteiger partial charge in [-0.05, 0) is 25.7 Å². The van der Waals surface area contributed by atoms with E-state index in [-0.39, 0.29) is 12.2 Å². The summed E-state index contributed by atoms with van der Waals surface area (Å²) in [5.74, 6) is -1.85. The molecule has 2 N–H and O–H groups in total. The van der Waals surface area contributed by atoms with E-state index in [0.29, 0.717) is 25.7 Å². The van der Waals surface area contributed by atoms with E-state index < -0.39 is 22.8 Å². The van der Waals surface area contributed by atoms with E-state index in [2.05, 4.69) is 13.8 Å². The summed E-state index contributed by atoms with van der Waals surface area (Å²) in [7, 11) is 0. The average molecular weight is 411 g/mol. The third kappa shape index (κ3) is 5.74. The number of carboxylic acids is 2. The van der Waals surface area contributed by atoms with Gasteiger partial charge in [0.05, 0.1) is 23.0 Å². The minimum absolute atomic E-state index is 0.0526. The van der Waals surface area contributed by atoms with E-state index in [0.717, 1.165) is 38.5 Å². The summed E-state index contributed by atoms with van der Waals surface area (Å²) in [6.45, 7) is 4.36. The molecular weight excluding hydrogens is 368 g/mol. The van der Waals surface area contributed by atoms with Crippen LogP contribution in [0.2, 0.25) is 0 Å². The molecular formula is C24H42O5. The second-order valence-electron chi connectivity index (χ2n) is 9.43. The molecule has 0 aromatic heterocycles. The quantitative estimate of drug-likeness (QED) is 0.234. The molecule has 0 spiro atoms. The van der Waals surface area contributed by atoms with Crippen molar-refractivity contribution in [1.82, 2.24) is 0 Å². The van der Waals surface area contributed by atoms with Gasteiger partial charge in [0.25, 0.3) is 0 Å². The molecule has 5 heteroatoms. The van der Waals surface area contributed by atoms with Gasteiger partial charge in [0.15, 0.2) is 0 Å². The molecule has 5 nitrogen and oxygen atoms in total. The molecule has 1 aliphatic carbocycles. The van der Waals surface area contributed by atoms with Gasteiger partial charge in [-0.25, -0.2) is 0 Å². The second kappa shape index (κ2) is 11.3. The van der Waals surface area contributed by atoms with Crippen LogP contribution in [0.1, 0.15) is 117 Å². The van der Waals surface area contributed by atoms with Gasteiger partial charge >= 0.3 is 11.9 Å². The average Bonchev–Trinajstić information content (AvgIpc) is 3.44. The number of aliphatic carboxylic acids is 2. The molecule has 1 aliphatic heterocycles. The summed E-state index contributed by atoms with van der Waals surface area (Å²) >= 11 is 0. The zero-order valence-electron chi connectivity index (χ0n) is 18.6. The predicted octanol–water partition coefficient (Wildman–Crippen LogP) is 6.19. The first-order valence-electron chi connectivity index (χ1n) is 12.1. The maximum absolute atomic E-state index is 12.6. The summed E-state index contributed by atoms with van der Waals surface area (Å²) in [5, 5.41) is 20.6. The largest absolute Gasteiger partial charge is 0.481 e. The normalized spacial score (nSPS) is 30.7. The van der Waals surface area contributed by atoms with Crippen LogP contribution >= 0.6 is 0 Å². The third-order valence-electron chi connectivity index (χ3n) is 7.44. The highest BCUT2D eigenvalue weighted by Crippen LogP contribution is 2.61. The van der Waals surface area contributed by atoms with Crippen LogP contribution in [0.3, 0.4) is 0 Å². The third-order valence-corrected chi connectivity index (χ3v) is 7.44. The highest BCUT2D eigenvalue weighted by atomic mass is 16.6. The number of fused-ring (bicyclic) bond motifs is 1. The molecule has 0 amide bonds. The van der Waals surface area contributed by atoms with Gasteiger partial charge in [-0.1, -0.05) is 90.9 Å². The molecule has 0 bridgehead atoms. The first-order chi connectivity index (χ1) is 13.9. The van der Waals surface area contributed by atoms with Crippen LogP contribution in [0.15, 0.2) is 0 Å². The summed E-state index contributed by atoms with van der Waals surface area (Å²) in [6.07, 6.45) is 14.4. The van der Waals surface area contributed by atoms with Crippen molar-refractivity contribution in [2.75, 3.05) is 0 Å². The molecule has 4 unspecified atom stereocenters. The fraction of sp³-hybridized carbons (Fsp3) is 0.917. The van der Waals surface area contributed by atoms with Crippen molar-refractivity contribution in [2.24, 2.45) is 10.8 Å². The van der Waals surface area contributed by atoms with Crippen molar-refractivity contribution in [3.8, 4) is 0 Å². The van der Waals surface area contributed by atoms with E-state index >= 15 is 0 Å². The zero-order valence-corrected chi connectivity index (χ0v) is 18.6. The molecule has 4 atom stereocenters. The summed E-state index contributed by atoms with van der Waals surface area (Å²) in [4.78, 5) is 25.2. The number of carboxylic acid groups (broad SMARTS) is 2. The Kier molecular flexibility index (Phi) is 9.45. The molecule has 29 heavy (non-hydrogen) atoms. The number of hydrogen-bond acceptors (Lipinski definition) is 3. The Hall–Kier alpha value is -1.10. The highest BCUT2D eigenvalue weighted by Gasteiger charge is 2.69. The molecule has 0 aromatic carbocycles. The van der Waals surface area contributed by atoms with Crippen LogP contribution in [0.5, 0.6) is 0 Å². The maximum Gasteiger partial charge on any atom is 0.310 e. The number of carbonyl (C=O) groups is 2. The Balaban J connectivity index is 2.08. The van der Waals surface area contributed by atoms with Crippen molar-refractivity contribution < 1.29 is 24.5 Å². The van der Waals surface area contributed by atoms with Crippen LogP contribution in [0, 0.1) is 10.8 Å². The van der Waals surface area contributed by atoms with Crippen LogP contribution in [0.4, 0.5) is 0 Å². The number of ether oxygens (including phenoxy) is 1. The van der Waals surface area contributed by atoms with Crippen LogP contribution < -0.4 is 0 Å². The first-order valence-corrected chi connectivity index (χ1v) is 12.1. The SMILES string of the molecule is CCCCCCCCC1(C(=O)O)CC2OC2CC1(CCCCCCCC)C(=O)O. The minimum Gasteiger partial charge on any atom is -0.481 e. The van der Waals surface area contributed by atoms with Crippen LogP contribution in [-0.4, -0.2) is 34.4 Å². The van der Waals surface area contributed by atoms with Gasteiger partial charge in [0.1, 0.15) is 0 Å². The molecule has 1 saturated carbocycles. The predicted molar refractivity (Wildman–Crippen MR) is 114 cm³/mol. The number of unbranched alkanes of at least 4 members (excludes halogenated alkanes) is 10. The Labute approximate surface area is 176 Å². The van der Waals surface area contributed by atoms with E-state index in [1.807, 2.05) is 0 Å². The van der Waals surface area contributed by atoms with Gasteiger partial charge in [0, 0.05) is 0 Å². The molecule has 2 fully saturated rings. The van der Waals surface area contributed by atoms with Crippen molar-refractivity contribution in [1.29, 1.82) is 0 Å². The van der Waals surface area contributed by atoms with Gasteiger partial charge in [0.2, 0.25) is 0 Å². The number of hydrogen-bond donors (Lipinski definition) is 2. The lowest BCUT2D eigenvalue weighted by Crippen LogP contribution is -2.56. The lowest BCUT2D eigenvalue weighted by Gasteiger charge is -2.47. The fourth-order valence-electron chi connectivity index (χ4n) is 5.51. The van der Waals surface area contributed by atoms with Gasteiger partial charge < -0.3 is 14.9 Å². The van der Waals surface area contributed by atoms with Crippen molar-refractivity contribution in [3.63, 3.8) is 0 Å².